The van der Waals surface area contributed by atoms with Gasteiger partial charge in [0.15, 0.2) is 0 Å². The van der Waals surface area contributed by atoms with Gasteiger partial charge in [-0.05, 0) is 56.9 Å². The van der Waals surface area contributed by atoms with Crippen molar-refractivity contribution in [1.82, 2.24) is 15.5 Å². The third kappa shape index (κ3) is 6.24. The molecule has 1 unspecified atom stereocenters. The molecule has 40 heavy (non-hydrogen) atoms. The number of nitrogens with zero attached hydrogens (tertiary/aromatic N) is 2. The molecule has 0 radical (unpaired) electrons. The molecule has 212 valence electrons. The first-order valence-electron chi connectivity index (χ1n) is 13.9. The summed E-state index contributed by atoms with van der Waals surface area (Å²) in [6.45, 7) is 7.30. The molecule has 2 aromatic rings. The molecule has 1 saturated heterocycles. The Morgan fingerprint density at radius 3 is 2.67 bits per heavy atom. The van der Waals surface area contributed by atoms with Crippen molar-refractivity contribution in [3.8, 4) is 0 Å². The first kappa shape index (κ1) is 27.6. The summed E-state index contributed by atoms with van der Waals surface area (Å²) in [4.78, 5) is 42.8. The second-order valence-electron chi connectivity index (χ2n) is 11.7. The van der Waals surface area contributed by atoms with Crippen LogP contribution in [0, 0.1) is 5.92 Å². The molecule has 3 amide bonds. The van der Waals surface area contributed by atoms with Crippen molar-refractivity contribution in [2.45, 2.75) is 57.4 Å². The van der Waals surface area contributed by atoms with Gasteiger partial charge >= 0.3 is 12.2 Å². The molecule has 9 heteroatoms. The summed E-state index contributed by atoms with van der Waals surface area (Å²) in [5.74, 6) is -0.0166. The Morgan fingerprint density at radius 1 is 1.10 bits per heavy atom. The molecule has 0 aromatic heterocycles. The van der Waals surface area contributed by atoms with Crippen LogP contribution in [0.2, 0.25) is 0 Å². The van der Waals surface area contributed by atoms with Crippen molar-refractivity contribution < 1.29 is 23.9 Å². The summed E-state index contributed by atoms with van der Waals surface area (Å²) in [7, 11) is 0. The van der Waals surface area contributed by atoms with E-state index in [4.69, 9.17) is 9.47 Å². The lowest BCUT2D eigenvalue weighted by Crippen LogP contribution is -2.60. The fourth-order valence-corrected chi connectivity index (χ4v) is 5.44. The lowest BCUT2D eigenvalue weighted by molar-refractivity contribution is -0.123. The molecular formula is C31H38N4O5. The van der Waals surface area contributed by atoms with E-state index in [1.165, 1.54) is 0 Å². The SMILES string of the molecule is CC(C)(C)OC(=O)N1CCN2c3cccc(c3)C3(NC(=O)OCc4ccccc4)C[C@H]3/C=C/CCNC(=O)[C@H]2C1. The van der Waals surface area contributed by atoms with Crippen LogP contribution in [0.4, 0.5) is 15.3 Å². The summed E-state index contributed by atoms with van der Waals surface area (Å²) < 4.78 is 11.2. The second kappa shape index (κ2) is 11.2. The van der Waals surface area contributed by atoms with E-state index in [1.807, 2.05) is 80.3 Å². The van der Waals surface area contributed by atoms with E-state index in [0.29, 0.717) is 26.1 Å². The molecule has 5 rings (SSSR count). The van der Waals surface area contributed by atoms with Crippen LogP contribution in [0.15, 0.2) is 66.7 Å². The van der Waals surface area contributed by atoms with Crippen molar-refractivity contribution in [3.63, 3.8) is 0 Å². The molecular weight excluding hydrogens is 508 g/mol. The van der Waals surface area contributed by atoms with Gasteiger partial charge in [-0.25, -0.2) is 9.59 Å². The van der Waals surface area contributed by atoms with Gasteiger partial charge in [0, 0.05) is 31.2 Å². The number of ether oxygens (including phenoxy) is 2. The van der Waals surface area contributed by atoms with Crippen molar-refractivity contribution >= 4 is 23.8 Å². The van der Waals surface area contributed by atoms with Crippen molar-refractivity contribution in [2.75, 3.05) is 31.1 Å². The fraction of sp³-hybridized carbons (Fsp3) is 0.452. The van der Waals surface area contributed by atoms with Crippen LogP contribution in [0.1, 0.15) is 44.7 Å². The van der Waals surface area contributed by atoms with Gasteiger partial charge in [0.05, 0.1) is 12.1 Å². The zero-order valence-corrected chi connectivity index (χ0v) is 23.4. The molecule has 1 aliphatic carbocycles. The number of nitrogens with one attached hydrogen (secondary N) is 2. The summed E-state index contributed by atoms with van der Waals surface area (Å²) in [6.07, 6.45) is 4.71. The predicted octanol–water partition coefficient (Wildman–Crippen LogP) is 4.33. The maximum atomic E-state index is 13.3. The van der Waals surface area contributed by atoms with Gasteiger partial charge in [0.2, 0.25) is 5.91 Å². The van der Waals surface area contributed by atoms with Crippen LogP contribution in [-0.4, -0.2) is 60.8 Å². The highest BCUT2D eigenvalue weighted by Crippen LogP contribution is 2.53. The maximum absolute atomic E-state index is 13.3. The Balaban J connectivity index is 1.38. The van der Waals surface area contributed by atoms with Gasteiger partial charge in [-0.3, -0.25) is 4.79 Å². The summed E-state index contributed by atoms with van der Waals surface area (Å²) >= 11 is 0. The topological polar surface area (TPSA) is 100 Å². The lowest BCUT2D eigenvalue weighted by Gasteiger charge is -2.42. The summed E-state index contributed by atoms with van der Waals surface area (Å²) in [5, 5.41) is 6.20. The Morgan fingerprint density at radius 2 is 1.90 bits per heavy atom. The average Bonchev–Trinajstić information content (AvgIpc) is 3.63. The molecule has 2 aliphatic heterocycles. The third-order valence-corrected chi connectivity index (χ3v) is 7.56. The van der Waals surface area contributed by atoms with E-state index >= 15 is 0 Å². The van der Waals surface area contributed by atoms with E-state index in [0.717, 1.165) is 23.2 Å². The van der Waals surface area contributed by atoms with Crippen LogP contribution in [0.5, 0.6) is 0 Å². The monoisotopic (exact) mass is 546 g/mol. The number of fused-ring (bicyclic) bond motifs is 6. The first-order chi connectivity index (χ1) is 19.1. The zero-order valence-electron chi connectivity index (χ0n) is 23.4. The fourth-order valence-electron chi connectivity index (χ4n) is 5.44. The minimum atomic E-state index is -0.619. The number of alkyl carbamates (subject to hydrolysis) is 1. The largest absolute Gasteiger partial charge is 0.445 e. The van der Waals surface area contributed by atoms with Crippen molar-refractivity contribution in [3.05, 3.63) is 77.9 Å². The Kier molecular flexibility index (Phi) is 7.74. The minimum Gasteiger partial charge on any atom is -0.445 e. The summed E-state index contributed by atoms with van der Waals surface area (Å²) in [6, 6.07) is 17.0. The Hall–Kier alpha value is -4.01. The highest BCUT2D eigenvalue weighted by molar-refractivity contribution is 5.87. The number of carbonyl (C=O) groups is 3. The van der Waals surface area contributed by atoms with Crippen molar-refractivity contribution in [1.29, 1.82) is 0 Å². The van der Waals surface area contributed by atoms with E-state index in [1.54, 1.807) is 4.90 Å². The molecule has 2 N–H and O–H groups in total. The zero-order chi connectivity index (χ0) is 28.3. The quantitative estimate of drug-likeness (QED) is 0.556. The number of amides is 3. The van der Waals surface area contributed by atoms with Gasteiger partial charge < -0.3 is 29.9 Å². The number of hydrogen-bond acceptors (Lipinski definition) is 6. The standard InChI is InChI=1S/C31H38N4O5/c1-30(2,3)40-29(38)34-16-17-35-25-14-9-13-23(18-25)31(33-28(37)39-21-22-10-5-4-6-11-22)19-24(31)12-7-8-15-32-27(36)26(35)20-34/h4-7,9-14,18,24,26H,8,15-17,19-21H2,1-3H3,(H,32,36)(H,33,37)/b12-7+/t24-,26-,31?/m1/s1. The van der Waals surface area contributed by atoms with E-state index in [9.17, 15) is 14.4 Å². The van der Waals surface area contributed by atoms with E-state index < -0.39 is 29.4 Å². The molecule has 2 aromatic carbocycles. The van der Waals surface area contributed by atoms with E-state index in [2.05, 4.69) is 22.8 Å². The Bertz CT molecular complexity index is 1270. The van der Waals surface area contributed by atoms with Gasteiger partial charge in [-0.1, -0.05) is 54.6 Å². The van der Waals surface area contributed by atoms with E-state index in [-0.39, 0.29) is 25.0 Å². The van der Waals surface area contributed by atoms with Crippen LogP contribution in [0.3, 0.4) is 0 Å². The van der Waals surface area contributed by atoms with Crippen molar-refractivity contribution in [2.24, 2.45) is 5.92 Å². The molecule has 0 spiro atoms. The second-order valence-corrected chi connectivity index (χ2v) is 11.7. The molecule has 2 fully saturated rings. The number of piperazine rings is 1. The van der Waals surface area contributed by atoms with Crippen LogP contribution in [0.25, 0.3) is 0 Å². The minimum absolute atomic E-state index is 0.114. The smallest absolute Gasteiger partial charge is 0.410 e. The molecule has 9 nitrogen and oxygen atoms in total. The summed E-state index contributed by atoms with van der Waals surface area (Å²) in [5.41, 5.74) is 1.55. The predicted molar refractivity (Wildman–Crippen MR) is 152 cm³/mol. The normalized spacial score (nSPS) is 25.0. The number of carbonyl (C=O) groups excluding carboxylic acids is 3. The molecule has 2 heterocycles. The number of benzene rings is 2. The molecule has 3 atom stereocenters. The van der Waals surface area contributed by atoms with Crippen LogP contribution in [-0.2, 0) is 26.4 Å². The van der Waals surface area contributed by atoms with Gasteiger partial charge in [0.1, 0.15) is 18.2 Å². The number of rotatable bonds is 3. The maximum Gasteiger partial charge on any atom is 0.410 e. The highest BCUT2D eigenvalue weighted by Gasteiger charge is 2.55. The number of anilines is 1. The molecule has 2 bridgehead atoms. The lowest BCUT2D eigenvalue weighted by atomic mass is 10.00. The van der Waals surface area contributed by atoms with Crippen LogP contribution >= 0.6 is 0 Å². The Labute approximate surface area is 235 Å². The first-order valence-corrected chi connectivity index (χ1v) is 13.9. The van der Waals surface area contributed by atoms with Gasteiger partial charge in [-0.2, -0.15) is 0 Å². The molecule has 3 aliphatic rings. The third-order valence-electron chi connectivity index (χ3n) is 7.56. The van der Waals surface area contributed by atoms with Crippen LogP contribution < -0.4 is 15.5 Å². The highest BCUT2D eigenvalue weighted by atomic mass is 16.6. The molecule has 1 saturated carbocycles. The van der Waals surface area contributed by atoms with Gasteiger partial charge in [0.25, 0.3) is 0 Å². The average molecular weight is 547 g/mol. The van der Waals surface area contributed by atoms with Gasteiger partial charge in [-0.15, -0.1) is 0 Å². The number of hydrogen-bond donors (Lipinski definition) is 2.